The first-order chi connectivity index (χ1) is 8.58. The number of Topliss-reactive ketones (excluding diaryl/α,β-unsaturated/α-hetero) is 1. The van der Waals surface area contributed by atoms with Crippen LogP contribution in [-0.2, 0) is 7.05 Å². The van der Waals surface area contributed by atoms with Gasteiger partial charge in [0.2, 0.25) is 0 Å². The minimum Gasteiger partial charge on any atom is -0.330 e. The van der Waals surface area contributed by atoms with Gasteiger partial charge >= 0.3 is 0 Å². The Kier molecular flexibility index (Phi) is 4.17. The summed E-state index contributed by atoms with van der Waals surface area (Å²) in [5, 5.41) is 7.70. The molecule has 1 fully saturated rings. The number of carbonyl (C=O) groups excluding carboxylic acids is 1. The summed E-state index contributed by atoms with van der Waals surface area (Å²) >= 11 is 3.28. The van der Waals surface area contributed by atoms with E-state index in [-0.39, 0.29) is 11.2 Å². The largest absolute Gasteiger partial charge is 0.330 e. The Morgan fingerprint density at radius 1 is 1.44 bits per heavy atom. The van der Waals surface area contributed by atoms with E-state index in [0.717, 1.165) is 12.8 Å². The molecule has 0 atom stereocenters. The quantitative estimate of drug-likeness (QED) is 0.863. The highest BCUT2D eigenvalue weighted by atomic mass is 79.9. The lowest BCUT2D eigenvalue weighted by Gasteiger charge is -2.35. The second-order valence-electron chi connectivity index (χ2n) is 5.22. The van der Waals surface area contributed by atoms with Gasteiger partial charge in [-0.05, 0) is 40.7 Å². The molecule has 2 N–H and O–H groups in total. The fourth-order valence-corrected chi connectivity index (χ4v) is 3.36. The molecule has 18 heavy (non-hydrogen) atoms. The molecule has 1 heterocycles. The summed E-state index contributed by atoms with van der Waals surface area (Å²) in [5.41, 5.74) is 6.45. The number of halogens is 1. The zero-order valence-electron chi connectivity index (χ0n) is 10.7. The molecule has 1 aliphatic carbocycles. The first-order valence-corrected chi connectivity index (χ1v) is 7.16. The maximum absolute atomic E-state index is 12.4. The molecule has 0 spiro atoms. The Hall–Kier alpha value is -0.750. The maximum Gasteiger partial charge on any atom is 0.184 e. The number of nitrogens with zero attached hydrogens (tertiary/aromatic N) is 3. The fourth-order valence-electron chi connectivity index (χ4n) is 2.81. The minimum atomic E-state index is -0.0148. The lowest BCUT2D eigenvalue weighted by atomic mass is 9.71. The minimum absolute atomic E-state index is 0.0148. The van der Waals surface area contributed by atoms with E-state index in [0.29, 0.717) is 23.3 Å². The van der Waals surface area contributed by atoms with E-state index in [1.165, 1.54) is 23.9 Å². The van der Waals surface area contributed by atoms with Gasteiger partial charge in [-0.15, -0.1) is 5.10 Å². The number of rotatable bonds is 4. The van der Waals surface area contributed by atoms with Crippen LogP contribution in [0.4, 0.5) is 0 Å². The normalized spacial score (nSPS) is 18.8. The van der Waals surface area contributed by atoms with E-state index in [9.17, 15) is 4.79 Å². The number of carbonyl (C=O) groups is 1. The molecule has 0 aromatic carbocycles. The topological polar surface area (TPSA) is 73.8 Å². The van der Waals surface area contributed by atoms with Crippen molar-refractivity contribution in [3.8, 4) is 0 Å². The molecule has 0 aliphatic heterocycles. The molecule has 1 aromatic rings. The van der Waals surface area contributed by atoms with Gasteiger partial charge in [-0.25, -0.2) is 4.68 Å². The van der Waals surface area contributed by atoms with Crippen molar-refractivity contribution in [2.45, 2.75) is 38.5 Å². The van der Waals surface area contributed by atoms with Crippen LogP contribution in [0, 0.1) is 5.41 Å². The summed E-state index contributed by atoms with van der Waals surface area (Å²) in [6.45, 7) is 0.585. The smallest absolute Gasteiger partial charge is 0.184 e. The van der Waals surface area contributed by atoms with Crippen molar-refractivity contribution in [1.29, 1.82) is 0 Å². The second kappa shape index (κ2) is 5.48. The molecule has 0 unspecified atom stereocenters. The van der Waals surface area contributed by atoms with E-state index < -0.39 is 0 Å². The average molecular weight is 315 g/mol. The number of hydrogen-bond acceptors (Lipinski definition) is 4. The van der Waals surface area contributed by atoms with Gasteiger partial charge in [0.15, 0.2) is 10.4 Å². The van der Waals surface area contributed by atoms with Crippen molar-refractivity contribution in [2.24, 2.45) is 18.2 Å². The predicted octanol–water partition coefficient (Wildman–Crippen LogP) is 2.06. The highest BCUT2D eigenvalue weighted by Gasteiger charge is 2.34. The van der Waals surface area contributed by atoms with Gasteiger partial charge in [0, 0.05) is 13.5 Å². The summed E-state index contributed by atoms with van der Waals surface area (Å²) in [6, 6.07) is 0. The van der Waals surface area contributed by atoms with Crippen LogP contribution in [0.25, 0.3) is 0 Å². The standard InChI is InChI=1S/C12H19BrN4O/c1-17-10(11(13)15-16-17)9(18)7-12(8-14)5-3-2-4-6-12/h2-8,14H2,1H3. The third kappa shape index (κ3) is 2.64. The molecule has 5 nitrogen and oxygen atoms in total. The van der Waals surface area contributed by atoms with Crippen LogP contribution in [0.5, 0.6) is 0 Å². The van der Waals surface area contributed by atoms with E-state index >= 15 is 0 Å². The number of nitrogens with two attached hydrogens (primary N) is 1. The van der Waals surface area contributed by atoms with Gasteiger partial charge < -0.3 is 5.73 Å². The Balaban J connectivity index is 2.15. The monoisotopic (exact) mass is 314 g/mol. The third-order valence-electron chi connectivity index (χ3n) is 3.93. The number of ketones is 1. The zero-order valence-corrected chi connectivity index (χ0v) is 12.2. The van der Waals surface area contributed by atoms with Crippen LogP contribution in [0.2, 0.25) is 0 Å². The van der Waals surface area contributed by atoms with Crippen LogP contribution in [-0.4, -0.2) is 27.3 Å². The Morgan fingerprint density at radius 2 is 2.11 bits per heavy atom. The molecule has 1 aromatic heterocycles. The molecule has 0 amide bonds. The van der Waals surface area contributed by atoms with Gasteiger partial charge in [-0.1, -0.05) is 24.5 Å². The number of aromatic nitrogens is 3. The molecule has 0 saturated heterocycles. The first-order valence-electron chi connectivity index (χ1n) is 6.36. The van der Waals surface area contributed by atoms with Crippen molar-refractivity contribution in [3.63, 3.8) is 0 Å². The molecule has 100 valence electrons. The average Bonchev–Trinajstić information content (AvgIpc) is 2.70. The van der Waals surface area contributed by atoms with Crippen LogP contribution in [0.15, 0.2) is 4.60 Å². The highest BCUT2D eigenvalue weighted by Crippen LogP contribution is 2.39. The van der Waals surface area contributed by atoms with Crippen LogP contribution >= 0.6 is 15.9 Å². The summed E-state index contributed by atoms with van der Waals surface area (Å²) in [6.07, 6.45) is 6.22. The molecule has 1 saturated carbocycles. The first kappa shape index (κ1) is 13.7. The second-order valence-corrected chi connectivity index (χ2v) is 5.97. The predicted molar refractivity (Wildman–Crippen MR) is 72.2 cm³/mol. The molecule has 0 bridgehead atoms. The molecule has 1 aliphatic rings. The maximum atomic E-state index is 12.4. The fraction of sp³-hybridized carbons (Fsp3) is 0.750. The Labute approximate surface area is 115 Å². The van der Waals surface area contributed by atoms with Gasteiger partial charge in [0.1, 0.15) is 5.69 Å². The zero-order chi connectivity index (χ0) is 13.2. The van der Waals surface area contributed by atoms with E-state index in [1.54, 1.807) is 7.05 Å². The lowest BCUT2D eigenvalue weighted by Crippen LogP contribution is -2.35. The summed E-state index contributed by atoms with van der Waals surface area (Å²) in [5.74, 6) is 0.0849. The van der Waals surface area contributed by atoms with Gasteiger partial charge in [-0.3, -0.25) is 4.79 Å². The van der Waals surface area contributed by atoms with Crippen molar-refractivity contribution in [1.82, 2.24) is 15.0 Å². The van der Waals surface area contributed by atoms with Crippen molar-refractivity contribution in [2.75, 3.05) is 6.54 Å². The van der Waals surface area contributed by atoms with Gasteiger partial charge in [0.25, 0.3) is 0 Å². The molecule has 0 radical (unpaired) electrons. The molecule has 2 rings (SSSR count). The lowest BCUT2D eigenvalue weighted by molar-refractivity contribution is 0.0857. The number of aryl methyl sites for hydroxylation is 1. The third-order valence-corrected chi connectivity index (χ3v) is 4.47. The Bertz CT molecular complexity index is 418. The Morgan fingerprint density at radius 3 is 2.61 bits per heavy atom. The van der Waals surface area contributed by atoms with E-state index in [2.05, 4.69) is 26.2 Å². The van der Waals surface area contributed by atoms with Gasteiger partial charge in [-0.2, -0.15) is 0 Å². The van der Waals surface area contributed by atoms with Crippen molar-refractivity contribution in [3.05, 3.63) is 10.3 Å². The molecule has 6 heteroatoms. The summed E-state index contributed by atoms with van der Waals surface area (Å²) in [7, 11) is 1.74. The van der Waals surface area contributed by atoms with Crippen LogP contribution in [0.1, 0.15) is 49.0 Å². The molecular weight excluding hydrogens is 296 g/mol. The van der Waals surface area contributed by atoms with E-state index in [4.69, 9.17) is 5.73 Å². The number of hydrogen-bond donors (Lipinski definition) is 1. The SMILES string of the molecule is Cn1nnc(Br)c1C(=O)CC1(CN)CCCCC1. The van der Waals surface area contributed by atoms with E-state index in [1.807, 2.05) is 0 Å². The van der Waals surface area contributed by atoms with Gasteiger partial charge in [0.05, 0.1) is 0 Å². The molecular formula is C12H19BrN4O. The van der Waals surface area contributed by atoms with Crippen LogP contribution < -0.4 is 5.73 Å². The highest BCUT2D eigenvalue weighted by molar-refractivity contribution is 9.10. The van der Waals surface area contributed by atoms with Crippen molar-refractivity contribution < 1.29 is 4.79 Å². The van der Waals surface area contributed by atoms with Crippen molar-refractivity contribution >= 4 is 21.7 Å². The summed E-state index contributed by atoms with van der Waals surface area (Å²) < 4.78 is 2.05. The van der Waals surface area contributed by atoms with Crippen LogP contribution in [0.3, 0.4) is 0 Å². The summed E-state index contributed by atoms with van der Waals surface area (Å²) in [4.78, 5) is 12.4.